The molecular formula is C30H34Cl2N2. The van der Waals surface area contributed by atoms with Crippen LogP contribution in [0.3, 0.4) is 0 Å². The van der Waals surface area contributed by atoms with E-state index in [9.17, 15) is 0 Å². The van der Waals surface area contributed by atoms with Gasteiger partial charge in [-0.25, -0.2) is 0 Å². The van der Waals surface area contributed by atoms with E-state index in [1.807, 2.05) is 36.4 Å². The first-order chi connectivity index (χ1) is 16.2. The van der Waals surface area contributed by atoms with Gasteiger partial charge in [-0.3, -0.25) is 0 Å². The molecule has 0 N–H and O–H groups in total. The first-order valence-corrected chi connectivity index (χ1v) is 12.7. The van der Waals surface area contributed by atoms with Gasteiger partial charge in [0.05, 0.1) is 10.4 Å². The highest BCUT2D eigenvalue weighted by Gasteiger charge is 2.37. The van der Waals surface area contributed by atoms with Crippen LogP contribution in [0.2, 0.25) is 0 Å². The summed E-state index contributed by atoms with van der Waals surface area (Å²) in [4.78, 5) is 4.91. The number of halogens is 2. The fourth-order valence-corrected chi connectivity index (χ4v) is 6.31. The molecule has 1 aliphatic rings. The van der Waals surface area contributed by atoms with Gasteiger partial charge in [0, 0.05) is 24.5 Å². The molecule has 3 aromatic rings. The molecule has 1 heterocycles. The van der Waals surface area contributed by atoms with Crippen molar-refractivity contribution in [1.82, 2.24) is 0 Å². The van der Waals surface area contributed by atoms with Crippen molar-refractivity contribution in [3.8, 4) is 0 Å². The van der Waals surface area contributed by atoms with Gasteiger partial charge in [0.25, 0.3) is 0 Å². The maximum atomic E-state index is 7.19. The van der Waals surface area contributed by atoms with Gasteiger partial charge in [0.15, 0.2) is 0 Å². The second kappa shape index (κ2) is 10.1. The van der Waals surface area contributed by atoms with E-state index in [-0.39, 0.29) is 11.5 Å². The van der Waals surface area contributed by atoms with Gasteiger partial charge in [-0.2, -0.15) is 0 Å². The van der Waals surface area contributed by atoms with Crippen molar-refractivity contribution in [1.29, 1.82) is 0 Å². The van der Waals surface area contributed by atoms with Gasteiger partial charge >= 0.3 is 0 Å². The summed E-state index contributed by atoms with van der Waals surface area (Å²) in [6.45, 7) is 14.9. The molecule has 4 rings (SSSR count). The topological polar surface area (TPSA) is 6.48 Å². The molecule has 4 heteroatoms. The molecule has 0 aliphatic carbocycles. The second-order valence-corrected chi connectivity index (χ2v) is 10.5. The van der Waals surface area contributed by atoms with E-state index in [4.69, 9.17) is 23.2 Å². The van der Waals surface area contributed by atoms with Crippen molar-refractivity contribution >= 4 is 34.6 Å². The number of benzene rings is 3. The van der Waals surface area contributed by atoms with Crippen LogP contribution < -0.4 is 9.80 Å². The maximum absolute atomic E-state index is 7.19. The third-order valence-electron chi connectivity index (χ3n) is 6.69. The van der Waals surface area contributed by atoms with Crippen molar-refractivity contribution in [2.75, 3.05) is 22.9 Å². The Balaban J connectivity index is 1.83. The molecule has 1 fully saturated rings. The van der Waals surface area contributed by atoms with Crippen LogP contribution in [0.4, 0.5) is 11.4 Å². The van der Waals surface area contributed by atoms with Crippen molar-refractivity contribution < 1.29 is 0 Å². The summed E-state index contributed by atoms with van der Waals surface area (Å²) in [6, 6.07) is 19.2. The monoisotopic (exact) mass is 492 g/mol. The minimum Gasteiger partial charge on any atom is -0.344 e. The summed E-state index contributed by atoms with van der Waals surface area (Å²) < 4.78 is 0. The minimum absolute atomic E-state index is 0.119. The zero-order chi connectivity index (χ0) is 24.6. The average Bonchev–Trinajstić information content (AvgIpc) is 3.17. The number of anilines is 2. The lowest BCUT2D eigenvalue weighted by atomic mass is 10.0. The lowest BCUT2D eigenvalue weighted by Crippen LogP contribution is -2.41. The molecule has 2 nitrogen and oxygen atoms in total. The van der Waals surface area contributed by atoms with E-state index in [1.54, 1.807) is 0 Å². The van der Waals surface area contributed by atoms with E-state index in [1.165, 1.54) is 44.8 Å². The SMILES string of the molecule is Cc1cc(C)c(N2CCN(c3c(C)cc(C)cc3C)C2C(Cl)=CC(Cl)c2ccccc2)c(C)c1. The van der Waals surface area contributed by atoms with Crippen LogP contribution >= 0.6 is 23.2 Å². The third-order valence-corrected chi connectivity index (χ3v) is 7.39. The Morgan fingerprint density at radius 2 is 1.18 bits per heavy atom. The standard InChI is InChI=1S/C30H34Cl2N2/c1-19-14-21(3)28(22(4)15-19)33-12-13-34(29-23(5)16-20(2)17-24(29)6)30(33)27(32)18-26(31)25-10-8-7-9-11-25/h7-11,14-18,26,30H,12-13H2,1-6H3. The molecule has 0 spiro atoms. The van der Waals surface area contributed by atoms with Crippen molar-refractivity contribution in [3.05, 3.63) is 105 Å². The molecule has 3 aromatic carbocycles. The fourth-order valence-electron chi connectivity index (χ4n) is 5.60. The number of aryl methyl sites for hydroxylation is 6. The summed E-state index contributed by atoms with van der Waals surface area (Å²) in [7, 11) is 0. The quantitative estimate of drug-likeness (QED) is 0.330. The van der Waals surface area contributed by atoms with Crippen LogP contribution in [-0.2, 0) is 0 Å². The predicted molar refractivity (Wildman–Crippen MR) is 149 cm³/mol. The lowest BCUT2D eigenvalue weighted by molar-refractivity contribution is 0.775. The van der Waals surface area contributed by atoms with Crippen LogP contribution in [0.5, 0.6) is 0 Å². The summed E-state index contributed by atoms with van der Waals surface area (Å²) in [5.41, 5.74) is 11.2. The van der Waals surface area contributed by atoms with Gasteiger partial charge in [0.2, 0.25) is 0 Å². The number of alkyl halides is 1. The molecule has 0 aromatic heterocycles. The Kier molecular flexibility index (Phi) is 7.31. The highest BCUT2D eigenvalue weighted by atomic mass is 35.5. The molecule has 0 bridgehead atoms. The summed E-state index contributed by atoms with van der Waals surface area (Å²) >= 11 is 14.0. The molecule has 1 saturated heterocycles. The average molecular weight is 494 g/mol. The van der Waals surface area contributed by atoms with Crippen LogP contribution in [0, 0.1) is 41.5 Å². The van der Waals surface area contributed by atoms with Crippen molar-refractivity contribution in [2.45, 2.75) is 53.1 Å². The largest absolute Gasteiger partial charge is 0.344 e. The van der Waals surface area contributed by atoms with Gasteiger partial charge < -0.3 is 9.80 Å². The zero-order valence-corrected chi connectivity index (χ0v) is 22.5. The number of hydrogen-bond acceptors (Lipinski definition) is 2. The van der Waals surface area contributed by atoms with Crippen molar-refractivity contribution in [3.63, 3.8) is 0 Å². The van der Waals surface area contributed by atoms with Gasteiger partial charge in [-0.05, 0) is 75.4 Å². The van der Waals surface area contributed by atoms with Gasteiger partial charge in [0.1, 0.15) is 6.17 Å². The molecule has 1 unspecified atom stereocenters. The van der Waals surface area contributed by atoms with Crippen LogP contribution in [0.1, 0.15) is 44.3 Å². The molecule has 0 amide bonds. The van der Waals surface area contributed by atoms with E-state index in [0.717, 1.165) is 23.7 Å². The minimum atomic E-state index is -0.293. The lowest BCUT2D eigenvalue weighted by Gasteiger charge is -2.36. The van der Waals surface area contributed by atoms with E-state index in [2.05, 4.69) is 75.6 Å². The van der Waals surface area contributed by atoms with Gasteiger partial charge in [-0.15, -0.1) is 11.6 Å². The van der Waals surface area contributed by atoms with Crippen LogP contribution in [0.25, 0.3) is 0 Å². The molecule has 34 heavy (non-hydrogen) atoms. The highest BCUT2D eigenvalue weighted by molar-refractivity contribution is 6.32. The first kappa shape index (κ1) is 24.7. The maximum Gasteiger partial charge on any atom is 0.139 e. The number of rotatable bonds is 5. The Morgan fingerprint density at radius 3 is 1.59 bits per heavy atom. The Hall–Kier alpha value is -2.42. The summed E-state index contributed by atoms with van der Waals surface area (Å²) in [6.07, 6.45) is 1.89. The first-order valence-electron chi connectivity index (χ1n) is 11.9. The molecule has 0 saturated carbocycles. The zero-order valence-electron chi connectivity index (χ0n) is 21.0. The fraction of sp³-hybridized carbons (Fsp3) is 0.333. The van der Waals surface area contributed by atoms with Gasteiger partial charge in [-0.1, -0.05) is 77.3 Å². The van der Waals surface area contributed by atoms with Crippen molar-refractivity contribution in [2.24, 2.45) is 0 Å². The molecule has 1 aliphatic heterocycles. The summed E-state index contributed by atoms with van der Waals surface area (Å²) in [5.74, 6) is 0. The van der Waals surface area contributed by atoms with Crippen LogP contribution in [0.15, 0.2) is 65.7 Å². The van der Waals surface area contributed by atoms with Crippen LogP contribution in [-0.4, -0.2) is 19.3 Å². The highest BCUT2D eigenvalue weighted by Crippen LogP contribution is 2.40. The molecule has 0 radical (unpaired) electrons. The summed E-state index contributed by atoms with van der Waals surface area (Å²) in [5, 5.41) is 0.457. The number of hydrogen-bond donors (Lipinski definition) is 0. The van der Waals surface area contributed by atoms with E-state index >= 15 is 0 Å². The molecule has 178 valence electrons. The Bertz CT molecular complexity index is 1100. The smallest absolute Gasteiger partial charge is 0.139 e. The Labute approximate surface area is 214 Å². The number of nitrogens with zero attached hydrogens (tertiary/aromatic N) is 2. The molecular weight excluding hydrogens is 459 g/mol. The second-order valence-electron chi connectivity index (χ2n) is 9.62. The molecule has 1 atom stereocenters. The third kappa shape index (κ3) is 4.85. The normalized spacial score (nSPS) is 15.8. The predicted octanol–water partition coefficient (Wildman–Crippen LogP) is 8.29. The van der Waals surface area contributed by atoms with E-state index < -0.39 is 0 Å². The number of allylic oxidation sites excluding steroid dienone is 1. The Morgan fingerprint density at radius 1 is 0.765 bits per heavy atom. The van der Waals surface area contributed by atoms with E-state index in [0.29, 0.717) is 0 Å².